The Labute approximate surface area is 115 Å². The van der Waals surface area contributed by atoms with Gasteiger partial charge in [0.15, 0.2) is 0 Å². The van der Waals surface area contributed by atoms with Gasteiger partial charge in [-0.05, 0) is 45.0 Å². The zero-order valence-corrected chi connectivity index (χ0v) is 11.9. The third kappa shape index (κ3) is 3.34. The van der Waals surface area contributed by atoms with E-state index in [0.29, 0.717) is 12.0 Å². The summed E-state index contributed by atoms with van der Waals surface area (Å²) in [4.78, 5) is 2.07. The number of nitrogens with zero attached hydrogens (tertiary/aromatic N) is 1. The molecule has 1 saturated carbocycles. The van der Waals surface area contributed by atoms with E-state index in [4.69, 9.17) is 0 Å². The van der Waals surface area contributed by atoms with E-state index in [1.807, 2.05) is 26.2 Å². The van der Waals surface area contributed by atoms with Crippen LogP contribution in [0.3, 0.4) is 0 Å². The van der Waals surface area contributed by atoms with E-state index in [1.54, 1.807) is 6.07 Å². The molecule has 0 saturated heterocycles. The van der Waals surface area contributed by atoms with E-state index >= 15 is 0 Å². The Hall–Kier alpha value is -0.930. The summed E-state index contributed by atoms with van der Waals surface area (Å²) >= 11 is 0. The van der Waals surface area contributed by atoms with Crippen LogP contribution in [0.4, 0.5) is 4.39 Å². The normalized spacial score (nSPS) is 27.7. The smallest absolute Gasteiger partial charge is 0.126 e. The Balaban J connectivity index is 2.22. The number of rotatable bonds is 4. The van der Waals surface area contributed by atoms with Crippen LogP contribution in [0.2, 0.25) is 0 Å². The van der Waals surface area contributed by atoms with Gasteiger partial charge in [-0.2, -0.15) is 0 Å². The van der Waals surface area contributed by atoms with Crippen LogP contribution >= 0.6 is 0 Å². The Morgan fingerprint density at radius 3 is 2.74 bits per heavy atom. The first-order chi connectivity index (χ1) is 9.03. The van der Waals surface area contributed by atoms with Crippen molar-refractivity contribution in [1.82, 2.24) is 4.90 Å². The molecule has 0 bridgehead atoms. The molecule has 0 radical (unpaired) electrons. The van der Waals surface area contributed by atoms with Gasteiger partial charge in [0.25, 0.3) is 0 Å². The third-order valence-corrected chi connectivity index (χ3v) is 4.27. The Morgan fingerprint density at radius 2 is 2.05 bits per heavy atom. The lowest BCUT2D eigenvalue weighted by atomic mass is 9.70. The maximum atomic E-state index is 14.0. The monoisotopic (exact) mass is 265 g/mol. The van der Waals surface area contributed by atoms with Gasteiger partial charge in [0, 0.05) is 12.5 Å². The van der Waals surface area contributed by atoms with Crippen LogP contribution in [-0.2, 0) is 0 Å². The summed E-state index contributed by atoms with van der Waals surface area (Å²) in [5.41, 5.74) is -0.0755. The summed E-state index contributed by atoms with van der Waals surface area (Å²) in [6.45, 7) is 0.835. The summed E-state index contributed by atoms with van der Waals surface area (Å²) in [6, 6.07) is 6.89. The number of hydrogen-bond acceptors (Lipinski definition) is 2. The standard InChI is InChI=1S/C16H24FNO/c1-18(2)12-11-16(19)10-6-5-8-14(16)13-7-3-4-9-15(13)17/h3-4,7,9,14,19H,5-6,8,10-12H2,1-2H3. The molecule has 2 atom stereocenters. The van der Waals surface area contributed by atoms with Crippen molar-refractivity contribution in [2.75, 3.05) is 20.6 Å². The molecular formula is C16H24FNO. The van der Waals surface area contributed by atoms with Gasteiger partial charge in [0.1, 0.15) is 5.82 Å². The number of halogens is 1. The topological polar surface area (TPSA) is 23.5 Å². The Bertz CT molecular complexity index is 421. The molecule has 1 N–H and O–H groups in total. The van der Waals surface area contributed by atoms with Gasteiger partial charge in [-0.25, -0.2) is 4.39 Å². The molecule has 2 unspecified atom stereocenters. The summed E-state index contributed by atoms with van der Waals surface area (Å²) in [5.74, 6) is -0.250. The quantitative estimate of drug-likeness (QED) is 0.904. The van der Waals surface area contributed by atoms with Crippen LogP contribution in [0.15, 0.2) is 24.3 Å². The molecule has 2 nitrogen and oxygen atoms in total. The van der Waals surface area contributed by atoms with Crippen molar-refractivity contribution in [3.63, 3.8) is 0 Å². The minimum Gasteiger partial charge on any atom is -0.389 e. The summed E-state index contributed by atoms with van der Waals surface area (Å²) in [5, 5.41) is 11.0. The van der Waals surface area contributed by atoms with Crippen molar-refractivity contribution < 1.29 is 9.50 Å². The largest absolute Gasteiger partial charge is 0.389 e. The van der Waals surface area contributed by atoms with Crippen LogP contribution in [-0.4, -0.2) is 36.2 Å². The van der Waals surface area contributed by atoms with Gasteiger partial charge in [0.2, 0.25) is 0 Å². The van der Waals surface area contributed by atoms with Crippen LogP contribution < -0.4 is 0 Å². The minimum absolute atomic E-state index is 0.0672. The summed E-state index contributed by atoms with van der Waals surface area (Å²) in [7, 11) is 4.01. The van der Waals surface area contributed by atoms with Crippen molar-refractivity contribution in [3.8, 4) is 0 Å². The molecule has 0 spiro atoms. The lowest BCUT2D eigenvalue weighted by molar-refractivity contribution is -0.0296. The fourth-order valence-corrected chi connectivity index (χ4v) is 3.14. The van der Waals surface area contributed by atoms with Crippen LogP contribution in [0.1, 0.15) is 43.6 Å². The van der Waals surface area contributed by atoms with E-state index < -0.39 is 5.60 Å². The molecule has 1 aromatic rings. The molecule has 3 heteroatoms. The molecule has 1 aromatic carbocycles. The predicted octanol–water partition coefficient (Wildman–Crippen LogP) is 3.17. The highest BCUT2D eigenvalue weighted by Gasteiger charge is 2.40. The molecule has 0 amide bonds. The molecule has 1 fully saturated rings. The summed E-state index contributed by atoms with van der Waals surface area (Å²) in [6.07, 6.45) is 4.47. The van der Waals surface area contributed by atoms with Gasteiger partial charge >= 0.3 is 0 Å². The van der Waals surface area contributed by atoms with Gasteiger partial charge in [-0.15, -0.1) is 0 Å². The fourth-order valence-electron chi connectivity index (χ4n) is 3.14. The molecule has 19 heavy (non-hydrogen) atoms. The van der Waals surface area contributed by atoms with Crippen LogP contribution in [0.5, 0.6) is 0 Å². The summed E-state index contributed by atoms with van der Waals surface area (Å²) < 4.78 is 14.0. The highest BCUT2D eigenvalue weighted by Crippen LogP contribution is 2.43. The number of benzene rings is 1. The zero-order valence-electron chi connectivity index (χ0n) is 11.9. The fraction of sp³-hybridized carbons (Fsp3) is 0.625. The number of hydrogen-bond donors (Lipinski definition) is 1. The lowest BCUT2D eigenvalue weighted by Gasteiger charge is -2.41. The maximum absolute atomic E-state index is 14.0. The molecule has 1 aliphatic carbocycles. The van der Waals surface area contributed by atoms with E-state index in [2.05, 4.69) is 4.90 Å². The predicted molar refractivity (Wildman–Crippen MR) is 75.7 cm³/mol. The Morgan fingerprint density at radius 1 is 1.32 bits per heavy atom. The van der Waals surface area contributed by atoms with Crippen molar-refractivity contribution in [3.05, 3.63) is 35.6 Å². The zero-order chi connectivity index (χ0) is 13.9. The highest BCUT2D eigenvalue weighted by molar-refractivity contribution is 5.25. The van der Waals surface area contributed by atoms with Crippen molar-refractivity contribution in [2.45, 2.75) is 43.6 Å². The molecular weight excluding hydrogens is 241 g/mol. The van der Waals surface area contributed by atoms with E-state index in [1.165, 1.54) is 6.07 Å². The first-order valence-electron chi connectivity index (χ1n) is 7.14. The molecule has 0 aliphatic heterocycles. The second-order valence-electron chi connectivity index (χ2n) is 5.98. The third-order valence-electron chi connectivity index (χ3n) is 4.27. The Kier molecular flexibility index (Phi) is 4.58. The van der Waals surface area contributed by atoms with E-state index in [-0.39, 0.29) is 11.7 Å². The first kappa shape index (κ1) is 14.5. The second kappa shape index (κ2) is 6.02. The van der Waals surface area contributed by atoms with Crippen molar-refractivity contribution >= 4 is 0 Å². The minimum atomic E-state index is -0.759. The van der Waals surface area contributed by atoms with E-state index in [0.717, 1.165) is 32.2 Å². The average molecular weight is 265 g/mol. The molecule has 106 valence electrons. The van der Waals surface area contributed by atoms with E-state index in [9.17, 15) is 9.50 Å². The van der Waals surface area contributed by atoms with Gasteiger partial charge < -0.3 is 10.0 Å². The number of aliphatic hydroxyl groups is 1. The first-order valence-corrected chi connectivity index (χ1v) is 7.14. The van der Waals surface area contributed by atoms with Crippen LogP contribution in [0.25, 0.3) is 0 Å². The second-order valence-corrected chi connectivity index (χ2v) is 5.98. The van der Waals surface area contributed by atoms with Crippen LogP contribution in [0, 0.1) is 5.82 Å². The van der Waals surface area contributed by atoms with Gasteiger partial charge in [-0.1, -0.05) is 31.0 Å². The molecule has 2 rings (SSSR count). The lowest BCUT2D eigenvalue weighted by Crippen LogP contribution is -2.41. The van der Waals surface area contributed by atoms with Crippen molar-refractivity contribution in [2.24, 2.45) is 0 Å². The highest BCUT2D eigenvalue weighted by atomic mass is 19.1. The van der Waals surface area contributed by atoms with Gasteiger partial charge in [-0.3, -0.25) is 0 Å². The maximum Gasteiger partial charge on any atom is 0.126 e. The van der Waals surface area contributed by atoms with Crippen molar-refractivity contribution in [1.29, 1.82) is 0 Å². The van der Waals surface area contributed by atoms with Gasteiger partial charge in [0.05, 0.1) is 5.60 Å². The molecule has 0 heterocycles. The average Bonchev–Trinajstić information content (AvgIpc) is 2.38. The SMILES string of the molecule is CN(C)CCC1(O)CCCCC1c1ccccc1F. The molecule has 0 aromatic heterocycles. The molecule has 1 aliphatic rings.